The zero-order chi connectivity index (χ0) is 17.8. The van der Waals surface area contributed by atoms with E-state index in [-0.39, 0.29) is 12.0 Å². The highest BCUT2D eigenvalue weighted by Gasteiger charge is 2.20. The molecule has 0 radical (unpaired) electrons. The topological polar surface area (TPSA) is 41.6 Å². The van der Waals surface area contributed by atoms with Gasteiger partial charge < -0.3 is 15.0 Å². The first-order chi connectivity index (χ1) is 12.0. The molecular formula is C20H23ClN2O2. The molecule has 1 N–H and O–H groups in total. The van der Waals surface area contributed by atoms with Gasteiger partial charge in [0.15, 0.2) is 0 Å². The molecule has 5 heteroatoms. The Labute approximate surface area is 153 Å². The summed E-state index contributed by atoms with van der Waals surface area (Å²) in [5.41, 5.74) is 2.21. The van der Waals surface area contributed by atoms with Crippen LogP contribution in [-0.4, -0.2) is 25.1 Å². The largest absolute Gasteiger partial charge is 0.491 e. The lowest BCUT2D eigenvalue weighted by Crippen LogP contribution is -2.21. The lowest BCUT2D eigenvalue weighted by molar-refractivity contribution is 0.102. The molecule has 0 atom stereocenters. The van der Waals surface area contributed by atoms with Crippen molar-refractivity contribution in [3.05, 3.63) is 53.1 Å². The first-order valence-corrected chi connectivity index (χ1v) is 9.04. The van der Waals surface area contributed by atoms with Crippen molar-refractivity contribution in [3.63, 3.8) is 0 Å². The number of nitrogens with one attached hydrogen (secondary N) is 1. The molecule has 25 heavy (non-hydrogen) atoms. The number of carbonyl (C=O) groups is 1. The van der Waals surface area contributed by atoms with E-state index in [1.54, 1.807) is 12.1 Å². The Balaban J connectivity index is 1.83. The van der Waals surface area contributed by atoms with E-state index in [1.165, 1.54) is 0 Å². The summed E-state index contributed by atoms with van der Waals surface area (Å²) in [6, 6.07) is 12.8. The van der Waals surface area contributed by atoms with Gasteiger partial charge in [-0.15, -0.1) is 0 Å². The van der Waals surface area contributed by atoms with Crippen molar-refractivity contribution in [1.29, 1.82) is 0 Å². The van der Waals surface area contributed by atoms with Crippen LogP contribution in [-0.2, 0) is 0 Å². The van der Waals surface area contributed by atoms with Gasteiger partial charge in [-0.1, -0.05) is 23.7 Å². The van der Waals surface area contributed by atoms with Gasteiger partial charge in [0.05, 0.1) is 22.5 Å². The van der Waals surface area contributed by atoms with Crippen LogP contribution in [0.25, 0.3) is 0 Å². The van der Waals surface area contributed by atoms with Gasteiger partial charge in [0, 0.05) is 18.7 Å². The first kappa shape index (κ1) is 17.6. The fourth-order valence-electron chi connectivity index (χ4n) is 3.06. The predicted molar refractivity (Wildman–Crippen MR) is 103 cm³/mol. The van der Waals surface area contributed by atoms with Gasteiger partial charge in [-0.25, -0.2) is 0 Å². The van der Waals surface area contributed by atoms with Gasteiger partial charge in [0.1, 0.15) is 5.75 Å². The summed E-state index contributed by atoms with van der Waals surface area (Å²) in [6.07, 6.45) is 2.36. The van der Waals surface area contributed by atoms with Crippen LogP contribution in [0.3, 0.4) is 0 Å². The molecule has 2 aromatic carbocycles. The average molecular weight is 359 g/mol. The van der Waals surface area contributed by atoms with E-state index in [4.69, 9.17) is 16.3 Å². The first-order valence-electron chi connectivity index (χ1n) is 8.66. The van der Waals surface area contributed by atoms with E-state index in [0.29, 0.717) is 16.3 Å². The number of benzene rings is 2. The van der Waals surface area contributed by atoms with Gasteiger partial charge in [-0.05, 0) is 57.0 Å². The Hall–Kier alpha value is -2.20. The summed E-state index contributed by atoms with van der Waals surface area (Å²) < 4.78 is 5.67. The van der Waals surface area contributed by atoms with Gasteiger partial charge in [-0.2, -0.15) is 0 Å². The van der Waals surface area contributed by atoms with Crippen molar-refractivity contribution < 1.29 is 9.53 Å². The minimum Gasteiger partial charge on any atom is -0.491 e. The molecule has 0 aliphatic carbocycles. The van der Waals surface area contributed by atoms with Crippen molar-refractivity contribution in [1.82, 2.24) is 0 Å². The van der Waals surface area contributed by atoms with Crippen molar-refractivity contribution >= 4 is 28.9 Å². The molecule has 1 saturated heterocycles. The normalized spacial score (nSPS) is 14.0. The number of para-hydroxylation sites is 1. The molecule has 1 fully saturated rings. The SMILES string of the molecule is CC(C)Oc1cccc(C(=O)Nc2cccc(Cl)c2N2CCCC2)c1. The molecule has 3 rings (SSSR count). The number of halogens is 1. The summed E-state index contributed by atoms with van der Waals surface area (Å²) in [6.45, 7) is 5.84. The van der Waals surface area contributed by atoms with E-state index in [1.807, 2.05) is 44.2 Å². The van der Waals surface area contributed by atoms with E-state index in [9.17, 15) is 4.79 Å². The zero-order valence-corrected chi connectivity index (χ0v) is 15.3. The minimum absolute atomic E-state index is 0.0630. The summed E-state index contributed by atoms with van der Waals surface area (Å²) >= 11 is 6.41. The molecule has 0 aromatic heterocycles. The summed E-state index contributed by atoms with van der Waals surface area (Å²) in [5, 5.41) is 3.67. The number of ether oxygens (including phenoxy) is 1. The fraction of sp³-hybridized carbons (Fsp3) is 0.350. The zero-order valence-electron chi connectivity index (χ0n) is 14.6. The van der Waals surface area contributed by atoms with Crippen LogP contribution >= 0.6 is 11.6 Å². The molecule has 0 spiro atoms. The maximum atomic E-state index is 12.7. The lowest BCUT2D eigenvalue weighted by atomic mass is 10.2. The van der Waals surface area contributed by atoms with Gasteiger partial charge in [-0.3, -0.25) is 4.79 Å². The van der Waals surface area contributed by atoms with E-state index >= 15 is 0 Å². The van der Waals surface area contributed by atoms with Crippen LogP contribution in [0.5, 0.6) is 5.75 Å². The Kier molecular flexibility index (Phi) is 5.49. The molecule has 132 valence electrons. The molecule has 1 heterocycles. The quantitative estimate of drug-likeness (QED) is 0.819. The second-order valence-corrected chi connectivity index (χ2v) is 6.89. The predicted octanol–water partition coefficient (Wildman–Crippen LogP) is 4.98. The van der Waals surface area contributed by atoms with E-state index in [2.05, 4.69) is 10.2 Å². The molecule has 0 saturated carbocycles. The number of rotatable bonds is 5. The third-order valence-electron chi connectivity index (χ3n) is 4.13. The summed E-state index contributed by atoms with van der Waals surface area (Å²) in [7, 11) is 0. The average Bonchev–Trinajstić information content (AvgIpc) is 3.08. The van der Waals surface area contributed by atoms with Crippen LogP contribution in [0.4, 0.5) is 11.4 Å². The number of amides is 1. The molecule has 1 aliphatic heterocycles. The van der Waals surface area contributed by atoms with E-state index in [0.717, 1.165) is 37.3 Å². The molecule has 1 amide bonds. The highest BCUT2D eigenvalue weighted by molar-refractivity contribution is 6.34. The number of hydrogen-bond donors (Lipinski definition) is 1. The van der Waals surface area contributed by atoms with Crippen molar-refractivity contribution in [2.24, 2.45) is 0 Å². The molecule has 2 aromatic rings. The molecule has 0 unspecified atom stereocenters. The van der Waals surface area contributed by atoms with Crippen LogP contribution in [0, 0.1) is 0 Å². The van der Waals surface area contributed by atoms with Crippen LogP contribution in [0.1, 0.15) is 37.0 Å². The summed E-state index contributed by atoms with van der Waals surface area (Å²) in [5.74, 6) is 0.519. The third kappa shape index (κ3) is 4.26. The Morgan fingerprint density at radius 2 is 1.88 bits per heavy atom. The van der Waals surface area contributed by atoms with Crippen LogP contribution < -0.4 is 15.0 Å². The smallest absolute Gasteiger partial charge is 0.255 e. The Morgan fingerprint density at radius 3 is 2.60 bits per heavy atom. The maximum absolute atomic E-state index is 12.7. The standard InChI is InChI=1S/C20H23ClN2O2/c1-14(2)25-16-8-5-7-15(13-16)20(24)22-18-10-6-9-17(21)19(18)23-11-3-4-12-23/h5-10,13-14H,3-4,11-12H2,1-2H3,(H,22,24). The Morgan fingerprint density at radius 1 is 1.16 bits per heavy atom. The third-order valence-corrected chi connectivity index (χ3v) is 4.43. The lowest BCUT2D eigenvalue weighted by Gasteiger charge is -2.23. The second-order valence-electron chi connectivity index (χ2n) is 6.48. The number of carbonyl (C=O) groups excluding carboxylic acids is 1. The van der Waals surface area contributed by atoms with Crippen LogP contribution in [0.2, 0.25) is 5.02 Å². The monoisotopic (exact) mass is 358 g/mol. The van der Waals surface area contributed by atoms with Crippen LogP contribution in [0.15, 0.2) is 42.5 Å². The molecule has 1 aliphatic rings. The molecular weight excluding hydrogens is 336 g/mol. The minimum atomic E-state index is -0.170. The number of nitrogens with zero attached hydrogens (tertiary/aromatic N) is 1. The van der Waals surface area contributed by atoms with Crippen molar-refractivity contribution in [2.75, 3.05) is 23.3 Å². The van der Waals surface area contributed by atoms with Gasteiger partial charge in [0.25, 0.3) is 5.91 Å². The molecule has 4 nitrogen and oxygen atoms in total. The van der Waals surface area contributed by atoms with Crippen molar-refractivity contribution in [3.8, 4) is 5.75 Å². The maximum Gasteiger partial charge on any atom is 0.255 e. The second kappa shape index (κ2) is 7.79. The number of hydrogen-bond acceptors (Lipinski definition) is 3. The number of anilines is 2. The molecule has 0 bridgehead atoms. The summed E-state index contributed by atoms with van der Waals surface area (Å²) in [4.78, 5) is 14.9. The van der Waals surface area contributed by atoms with Crippen molar-refractivity contribution in [2.45, 2.75) is 32.8 Å². The Bertz CT molecular complexity index is 755. The van der Waals surface area contributed by atoms with Gasteiger partial charge >= 0.3 is 0 Å². The van der Waals surface area contributed by atoms with E-state index < -0.39 is 0 Å². The fourth-order valence-corrected chi connectivity index (χ4v) is 3.35. The highest BCUT2D eigenvalue weighted by Crippen LogP contribution is 2.36. The van der Waals surface area contributed by atoms with Gasteiger partial charge in [0.2, 0.25) is 0 Å². The highest BCUT2D eigenvalue weighted by atomic mass is 35.5.